The van der Waals surface area contributed by atoms with Crippen LogP contribution in [0, 0.1) is 14.9 Å². The number of rotatable bonds is 2. The zero-order valence-electron chi connectivity index (χ0n) is 12.9. The molecule has 0 bridgehead atoms. The van der Waals surface area contributed by atoms with E-state index in [0.717, 1.165) is 11.1 Å². The Labute approximate surface area is 123 Å². The van der Waals surface area contributed by atoms with Crippen LogP contribution in [0.25, 0.3) is 0 Å². The summed E-state index contributed by atoms with van der Waals surface area (Å²) in [5, 5.41) is 0. The second-order valence-electron chi connectivity index (χ2n) is 4.14. The molecule has 0 amide bonds. The number of hydrogen-bond donors (Lipinski definition) is 0. The Hall–Kier alpha value is -0.417. The topological polar surface area (TPSA) is 0 Å². The maximum atomic E-state index is 3.72. The summed E-state index contributed by atoms with van der Waals surface area (Å²) in [6.45, 7) is 19.7. The molecule has 17 heavy (non-hydrogen) atoms. The smallest absolute Gasteiger partial charge is 0.358 e. The van der Waals surface area contributed by atoms with Gasteiger partial charge >= 0.3 is 19.5 Å². The molecule has 0 heterocycles. The third-order valence-corrected chi connectivity index (χ3v) is 1.07. The second kappa shape index (κ2) is 18.0. The minimum Gasteiger partial charge on any atom is -0.358 e. The summed E-state index contributed by atoms with van der Waals surface area (Å²) in [5.74, 6) is 0. The Morgan fingerprint density at radius 1 is 0.647 bits per heavy atom. The van der Waals surface area contributed by atoms with Gasteiger partial charge in [0.1, 0.15) is 0 Å². The summed E-state index contributed by atoms with van der Waals surface area (Å²) in [4.78, 5) is 0. The first-order valence-corrected chi connectivity index (χ1v) is 4.86. The quantitative estimate of drug-likeness (QED) is 0.334. The summed E-state index contributed by atoms with van der Waals surface area (Å²) in [6, 6.07) is 0. The summed E-state index contributed by atoms with van der Waals surface area (Å²) in [7, 11) is 0. The Balaban J connectivity index is -0.0000000480. The average Bonchev–Trinajstić information content (AvgIpc) is 1.79. The van der Waals surface area contributed by atoms with Gasteiger partial charge in [-0.25, -0.2) is 0 Å². The van der Waals surface area contributed by atoms with E-state index in [4.69, 9.17) is 0 Å². The van der Waals surface area contributed by atoms with Gasteiger partial charge in [0.05, 0.1) is 0 Å². The van der Waals surface area contributed by atoms with Crippen LogP contribution in [0.4, 0.5) is 0 Å². The first-order valence-electron chi connectivity index (χ1n) is 4.86. The zero-order chi connectivity index (χ0) is 11.7. The van der Waals surface area contributed by atoms with Gasteiger partial charge in [0.25, 0.3) is 0 Å². The molecule has 0 aliphatic carbocycles. The predicted molar refractivity (Wildman–Crippen MR) is 81.3 cm³/mol. The van der Waals surface area contributed by atoms with Gasteiger partial charge in [-0.2, -0.15) is 0 Å². The predicted octanol–water partition coefficient (Wildman–Crippen LogP) is 5.96. The van der Waals surface area contributed by atoms with E-state index >= 15 is 0 Å². The van der Waals surface area contributed by atoms with E-state index in [2.05, 4.69) is 53.0 Å². The van der Waals surface area contributed by atoms with Crippen LogP contribution in [0.15, 0.2) is 47.6 Å². The second-order valence-corrected chi connectivity index (χ2v) is 4.14. The molecule has 1 heteroatoms. The fraction of sp³-hybridized carbons (Fsp3) is 0.375. The maximum absolute atomic E-state index is 3.72. The van der Waals surface area contributed by atoms with Crippen LogP contribution in [0.3, 0.4) is 0 Å². The van der Waals surface area contributed by atoms with Gasteiger partial charge in [-0.1, -0.05) is 47.6 Å². The van der Waals surface area contributed by atoms with Gasteiger partial charge in [-0.3, -0.25) is 0 Å². The Morgan fingerprint density at radius 2 is 0.824 bits per heavy atom. The monoisotopic (exact) mass is 324 g/mol. The van der Waals surface area contributed by atoms with Gasteiger partial charge in [0.15, 0.2) is 0 Å². The van der Waals surface area contributed by atoms with Crippen molar-refractivity contribution in [3.05, 3.63) is 62.5 Å². The summed E-state index contributed by atoms with van der Waals surface area (Å²) in [6.07, 6.45) is 4.11. The van der Waals surface area contributed by atoms with Crippen molar-refractivity contribution in [2.45, 2.75) is 41.5 Å². The van der Waals surface area contributed by atoms with Gasteiger partial charge in [0, 0.05) is 0 Å². The van der Waals surface area contributed by atoms with Crippen LogP contribution in [0.2, 0.25) is 0 Å². The molecule has 0 rings (SSSR count). The Morgan fingerprint density at radius 3 is 0.824 bits per heavy atom. The number of hydrogen-bond acceptors (Lipinski definition) is 0. The van der Waals surface area contributed by atoms with Crippen molar-refractivity contribution < 1.29 is 19.5 Å². The maximum Gasteiger partial charge on any atom is 2.00 e. The molecule has 0 atom stereocenters. The van der Waals surface area contributed by atoms with Crippen LogP contribution in [-0.4, -0.2) is 0 Å². The first kappa shape index (κ1) is 30.0. The van der Waals surface area contributed by atoms with E-state index in [1.165, 1.54) is 11.1 Å². The molecular formula is C16H30Ru. The molecule has 0 nitrogen and oxygen atoms in total. The molecule has 0 aromatic heterocycles. The van der Waals surface area contributed by atoms with E-state index in [1.54, 1.807) is 0 Å². The normalized spacial score (nSPS) is 6.47. The van der Waals surface area contributed by atoms with E-state index in [-0.39, 0.29) is 34.3 Å². The van der Waals surface area contributed by atoms with Gasteiger partial charge in [-0.05, 0) is 41.5 Å². The van der Waals surface area contributed by atoms with E-state index < -0.39 is 0 Å². The van der Waals surface area contributed by atoms with Crippen LogP contribution in [0.5, 0.6) is 0 Å². The van der Waals surface area contributed by atoms with Gasteiger partial charge < -0.3 is 14.9 Å². The van der Waals surface area contributed by atoms with Crippen LogP contribution in [-0.2, 0) is 19.5 Å². The third-order valence-electron chi connectivity index (χ3n) is 1.07. The molecule has 102 valence electrons. The van der Waals surface area contributed by atoms with E-state index in [9.17, 15) is 0 Å². The first-order chi connectivity index (χ1) is 6.25. The van der Waals surface area contributed by atoms with E-state index in [0.29, 0.717) is 0 Å². The molecule has 0 saturated carbocycles. The minimum atomic E-state index is 0. The minimum absolute atomic E-state index is 0. The molecule has 0 aromatic carbocycles. The van der Waals surface area contributed by atoms with Crippen molar-refractivity contribution in [2.75, 3.05) is 0 Å². The van der Waals surface area contributed by atoms with Crippen LogP contribution < -0.4 is 0 Å². The van der Waals surface area contributed by atoms with Crippen molar-refractivity contribution >= 4 is 0 Å². The fourth-order valence-corrected chi connectivity index (χ4v) is 0.986. The summed E-state index contributed by atoms with van der Waals surface area (Å²) < 4.78 is 0. The van der Waals surface area contributed by atoms with Crippen LogP contribution >= 0.6 is 0 Å². The van der Waals surface area contributed by atoms with Crippen LogP contribution in [0.1, 0.15) is 41.5 Å². The van der Waals surface area contributed by atoms with Crippen molar-refractivity contribution in [3.63, 3.8) is 0 Å². The van der Waals surface area contributed by atoms with Crippen molar-refractivity contribution in [3.8, 4) is 0 Å². The fourth-order valence-electron chi connectivity index (χ4n) is 0.986. The molecule has 0 fully saturated rings. The van der Waals surface area contributed by atoms with Crippen molar-refractivity contribution in [2.24, 2.45) is 0 Å². The number of allylic oxidation sites excluding steroid dienone is 6. The molecule has 0 unspecified atom stereocenters. The largest absolute Gasteiger partial charge is 2.00 e. The Kier molecular flexibility index (Phi) is 31.7. The van der Waals surface area contributed by atoms with Crippen molar-refractivity contribution in [1.82, 2.24) is 0 Å². The molecular weight excluding hydrogens is 293 g/mol. The third kappa shape index (κ3) is 50.0. The zero-order valence-corrected chi connectivity index (χ0v) is 14.7. The Bertz CT molecular complexity index is 219. The molecule has 0 aliphatic rings. The van der Waals surface area contributed by atoms with E-state index in [1.807, 2.05) is 13.8 Å². The molecule has 0 saturated heterocycles. The average molecular weight is 323 g/mol. The molecule has 0 N–H and O–H groups in total. The molecule has 0 spiro atoms. The summed E-state index contributed by atoms with van der Waals surface area (Å²) >= 11 is 0. The summed E-state index contributed by atoms with van der Waals surface area (Å²) in [5.41, 5.74) is 4.88. The van der Waals surface area contributed by atoms with Crippen molar-refractivity contribution in [1.29, 1.82) is 0 Å². The standard InChI is InChI=1S/2C7H12.2CH3.Ru/c2*1-6(2)5-7(3)4;;;/h2*5H,1H2,2-4H3;2*1H3;/q;;2*-1;+2. The van der Waals surface area contributed by atoms with Gasteiger partial charge in [-0.15, -0.1) is 0 Å². The molecule has 0 aliphatic heterocycles. The SMILES string of the molecule is C=C(C)C=C(C)C.C=C(C)C=C(C)C.[CH3-].[CH3-].[Ru+2]. The molecule has 0 aromatic rings. The molecule has 0 radical (unpaired) electrons. The van der Waals surface area contributed by atoms with Gasteiger partial charge in [0.2, 0.25) is 0 Å².